The number of piperazine rings is 1. The van der Waals surface area contributed by atoms with E-state index in [0.29, 0.717) is 38.2 Å². The molecule has 2 N–H and O–H groups in total. The molecule has 2 aromatic heterocycles. The van der Waals surface area contributed by atoms with E-state index in [1.54, 1.807) is 6.20 Å². The topological polar surface area (TPSA) is 119 Å². The summed E-state index contributed by atoms with van der Waals surface area (Å²) in [5.41, 5.74) is 0.00236. The monoisotopic (exact) mass is 401 g/mol. The van der Waals surface area contributed by atoms with Crippen LogP contribution in [0, 0.1) is 0 Å². The fourth-order valence-corrected chi connectivity index (χ4v) is 4.75. The zero-order valence-electron chi connectivity index (χ0n) is 15.0. The molecule has 1 aliphatic heterocycles. The molecular weight excluding hydrogens is 382 g/mol. The molecule has 9 nitrogen and oxygen atoms in total. The van der Waals surface area contributed by atoms with Crippen LogP contribution in [0.5, 0.6) is 0 Å². The number of hydrogen-bond donors (Lipinski definition) is 2. The summed E-state index contributed by atoms with van der Waals surface area (Å²) in [5, 5.41) is 0.134. The molecule has 0 saturated carbocycles. The molecule has 10 heteroatoms. The summed E-state index contributed by atoms with van der Waals surface area (Å²) in [7, 11) is -3.73. The van der Waals surface area contributed by atoms with Crippen molar-refractivity contribution >= 4 is 20.9 Å². The first kappa shape index (κ1) is 18.5. The van der Waals surface area contributed by atoms with E-state index >= 15 is 0 Å². The third-order valence-corrected chi connectivity index (χ3v) is 6.69. The zero-order valence-corrected chi connectivity index (χ0v) is 15.8. The van der Waals surface area contributed by atoms with Crippen molar-refractivity contribution in [3.05, 3.63) is 69.1 Å². The number of hydrogen-bond acceptors (Lipinski definition) is 6. The number of aromatic nitrogens is 3. The Kier molecular flexibility index (Phi) is 4.84. The number of benzene rings is 1. The maximum Gasteiger partial charge on any atom is 0.326 e. The van der Waals surface area contributed by atoms with E-state index in [1.165, 1.54) is 22.5 Å². The van der Waals surface area contributed by atoms with Crippen LogP contribution in [0.3, 0.4) is 0 Å². The predicted molar refractivity (Wildman–Crippen MR) is 103 cm³/mol. The van der Waals surface area contributed by atoms with Crippen LogP contribution in [-0.4, -0.2) is 58.8 Å². The van der Waals surface area contributed by atoms with Gasteiger partial charge in [0.05, 0.1) is 21.5 Å². The number of sulfonamides is 1. The van der Waals surface area contributed by atoms with Crippen molar-refractivity contribution in [3.63, 3.8) is 0 Å². The van der Waals surface area contributed by atoms with E-state index in [0.717, 1.165) is 5.69 Å². The average Bonchev–Trinajstić information content (AvgIpc) is 2.69. The van der Waals surface area contributed by atoms with Crippen molar-refractivity contribution in [1.29, 1.82) is 0 Å². The van der Waals surface area contributed by atoms with Gasteiger partial charge in [-0.05, 0) is 30.3 Å². The van der Waals surface area contributed by atoms with Crippen LogP contribution in [-0.2, 0) is 16.6 Å². The standard InChI is InChI=1S/C18H19N5O4S/c24-17-15-11-14(4-5-16(15)20-18(25)21-17)28(26,27)23-9-7-22(8-10-23)12-13-3-1-2-6-19-13/h1-6,11H,7-10,12H2,(H2,20,21,24,25). The van der Waals surface area contributed by atoms with E-state index in [4.69, 9.17) is 0 Å². The summed E-state index contributed by atoms with van der Waals surface area (Å²) in [6.07, 6.45) is 1.74. The Morgan fingerprint density at radius 2 is 1.79 bits per heavy atom. The maximum absolute atomic E-state index is 13.0. The van der Waals surface area contributed by atoms with E-state index in [9.17, 15) is 18.0 Å². The minimum atomic E-state index is -3.73. The third kappa shape index (κ3) is 3.61. The Morgan fingerprint density at radius 3 is 2.50 bits per heavy atom. The van der Waals surface area contributed by atoms with Crippen LogP contribution in [0.15, 0.2) is 57.1 Å². The molecule has 1 saturated heterocycles. The minimum Gasteiger partial charge on any atom is -0.307 e. The van der Waals surface area contributed by atoms with Crippen molar-refractivity contribution < 1.29 is 8.42 Å². The van der Waals surface area contributed by atoms with Gasteiger partial charge < -0.3 is 4.98 Å². The Labute approximate surface area is 160 Å². The molecule has 0 bridgehead atoms. The molecule has 28 heavy (non-hydrogen) atoms. The van der Waals surface area contributed by atoms with Gasteiger partial charge in [0, 0.05) is 38.9 Å². The first-order valence-electron chi connectivity index (χ1n) is 8.82. The molecular formula is C18H19N5O4S. The highest BCUT2D eigenvalue weighted by atomic mass is 32.2. The van der Waals surface area contributed by atoms with Gasteiger partial charge in [0.25, 0.3) is 5.56 Å². The first-order valence-corrected chi connectivity index (χ1v) is 10.3. The lowest BCUT2D eigenvalue weighted by molar-refractivity contribution is 0.180. The summed E-state index contributed by atoms with van der Waals surface area (Å²) in [5.74, 6) is 0. The first-order chi connectivity index (χ1) is 13.4. The number of H-pyrrole nitrogens is 2. The normalized spacial score (nSPS) is 16.4. The lowest BCUT2D eigenvalue weighted by Crippen LogP contribution is -2.48. The SMILES string of the molecule is O=c1[nH]c(=O)c2cc(S(=O)(=O)N3CCN(Cc4ccccn4)CC3)ccc2[nH]1. The molecule has 1 aliphatic rings. The lowest BCUT2D eigenvalue weighted by atomic mass is 10.2. The molecule has 4 rings (SSSR count). The van der Waals surface area contributed by atoms with Crippen LogP contribution in [0.4, 0.5) is 0 Å². The molecule has 1 fully saturated rings. The summed E-state index contributed by atoms with van der Waals surface area (Å²) >= 11 is 0. The lowest BCUT2D eigenvalue weighted by Gasteiger charge is -2.33. The summed E-state index contributed by atoms with van der Waals surface area (Å²) in [4.78, 5) is 34.4. The Morgan fingerprint density at radius 1 is 1.00 bits per heavy atom. The fourth-order valence-electron chi connectivity index (χ4n) is 3.30. The molecule has 0 radical (unpaired) electrons. The van der Waals surface area contributed by atoms with Gasteiger partial charge in [-0.25, -0.2) is 13.2 Å². The van der Waals surface area contributed by atoms with Crippen LogP contribution in [0.2, 0.25) is 0 Å². The van der Waals surface area contributed by atoms with Gasteiger partial charge in [-0.2, -0.15) is 4.31 Å². The highest BCUT2D eigenvalue weighted by Gasteiger charge is 2.29. The molecule has 0 atom stereocenters. The van der Waals surface area contributed by atoms with Gasteiger partial charge in [0.1, 0.15) is 0 Å². The Balaban J connectivity index is 1.52. The fraction of sp³-hybridized carbons (Fsp3) is 0.278. The number of nitrogens with one attached hydrogen (secondary N) is 2. The number of aromatic amines is 2. The van der Waals surface area contributed by atoms with Gasteiger partial charge >= 0.3 is 5.69 Å². The highest BCUT2D eigenvalue weighted by Crippen LogP contribution is 2.20. The second-order valence-electron chi connectivity index (χ2n) is 6.62. The smallest absolute Gasteiger partial charge is 0.307 e. The molecule has 3 heterocycles. The summed E-state index contributed by atoms with van der Waals surface area (Å²) in [6.45, 7) is 2.58. The quantitative estimate of drug-likeness (QED) is 0.641. The highest BCUT2D eigenvalue weighted by molar-refractivity contribution is 7.89. The molecule has 0 aliphatic carbocycles. The predicted octanol–water partition coefficient (Wildman–Crippen LogP) is 0.118. The third-order valence-electron chi connectivity index (χ3n) is 4.79. The molecule has 146 valence electrons. The second-order valence-corrected chi connectivity index (χ2v) is 8.55. The molecule has 1 aromatic carbocycles. The van der Waals surface area contributed by atoms with Gasteiger partial charge in [0.2, 0.25) is 10.0 Å². The van der Waals surface area contributed by atoms with Crippen LogP contribution >= 0.6 is 0 Å². The zero-order chi connectivity index (χ0) is 19.7. The van der Waals surface area contributed by atoms with Crippen molar-refractivity contribution in [2.45, 2.75) is 11.4 Å². The van der Waals surface area contributed by atoms with Crippen LogP contribution < -0.4 is 11.2 Å². The van der Waals surface area contributed by atoms with Gasteiger partial charge in [0.15, 0.2) is 0 Å². The van der Waals surface area contributed by atoms with Crippen molar-refractivity contribution in [1.82, 2.24) is 24.2 Å². The number of fused-ring (bicyclic) bond motifs is 1. The van der Waals surface area contributed by atoms with Crippen molar-refractivity contribution in [2.75, 3.05) is 26.2 Å². The van der Waals surface area contributed by atoms with Crippen LogP contribution in [0.25, 0.3) is 10.9 Å². The van der Waals surface area contributed by atoms with E-state index in [1.807, 2.05) is 18.2 Å². The summed E-state index contributed by atoms with van der Waals surface area (Å²) in [6, 6.07) is 9.89. The average molecular weight is 401 g/mol. The molecule has 3 aromatic rings. The van der Waals surface area contributed by atoms with Gasteiger partial charge in [-0.3, -0.25) is 19.7 Å². The second kappa shape index (κ2) is 7.30. The Hall–Kier alpha value is -2.82. The van der Waals surface area contributed by atoms with E-state index in [2.05, 4.69) is 19.9 Å². The van der Waals surface area contributed by atoms with Crippen molar-refractivity contribution in [2.24, 2.45) is 0 Å². The van der Waals surface area contributed by atoms with E-state index < -0.39 is 21.3 Å². The molecule has 0 amide bonds. The molecule has 0 spiro atoms. The van der Waals surface area contributed by atoms with Gasteiger partial charge in [-0.1, -0.05) is 6.07 Å². The van der Waals surface area contributed by atoms with Crippen molar-refractivity contribution in [3.8, 4) is 0 Å². The van der Waals surface area contributed by atoms with E-state index in [-0.39, 0.29) is 10.3 Å². The molecule has 0 unspecified atom stereocenters. The summed E-state index contributed by atoms with van der Waals surface area (Å²) < 4.78 is 27.4. The van der Waals surface area contributed by atoms with Crippen LogP contribution in [0.1, 0.15) is 5.69 Å². The number of nitrogens with zero attached hydrogens (tertiary/aromatic N) is 3. The largest absolute Gasteiger partial charge is 0.326 e. The number of rotatable bonds is 4. The Bertz CT molecular complexity index is 1210. The number of pyridine rings is 1. The minimum absolute atomic E-state index is 0.0377. The maximum atomic E-state index is 13.0. The van der Waals surface area contributed by atoms with Gasteiger partial charge in [-0.15, -0.1) is 0 Å².